The van der Waals surface area contributed by atoms with Crippen molar-refractivity contribution < 1.29 is 9.18 Å². The quantitative estimate of drug-likeness (QED) is 0.501. The van der Waals surface area contributed by atoms with Gasteiger partial charge in [0.1, 0.15) is 5.82 Å². The van der Waals surface area contributed by atoms with E-state index in [1.165, 1.54) is 12.1 Å². The zero-order chi connectivity index (χ0) is 21.2. The van der Waals surface area contributed by atoms with E-state index in [0.717, 1.165) is 22.3 Å². The molecule has 1 saturated heterocycles. The molecule has 1 aliphatic heterocycles. The number of anilines is 1. The van der Waals surface area contributed by atoms with Crippen LogP contribution in [0.25, 0.3) is 22.3 Å². The van der Waals surface area contributed by atoms with Crippen molar-refractivity contribution in [3.8, 4) is 11.4 Å². The molecule has 0 N–H and O–H groups in total. The number of carbonyl (C=O) groups excluding carboxylic acids is 1. The van der Waals surface area contributed by atoms with Crippen LogP contribution in [0.4, 0.5) is 10.1 Å². The summed E-state index contributed by atoms with van der Waals surface area (Å²) in [6.07, 6.45) is 1.72. The summed E-state index contributed by atoms with van der Waals surface area (Å²) in [5, 5.41) is 0.841. The van der Waals surface area contributed by atoms with E-state index in [1.54, 1.807) is 18.3 Å². The van der Waals surface area contributed by atoms with Gasteiger partial charge >= 0.3 is 0 Å². The summed E-state index contributed by atoms with van der Waals surface area (Å²) in [5.41, 5.74) is 3.82. The van der Waals surface area contributed by atoms with Crippen molar-refractivity contribution in [1.29, 1.82) is 0 Å². The molecular weight excluding hydrogens is 391 g/mol. The van der Waals surface area contributed by atoms with Gasteiger partial charge in [-0.25, -0.2) is 9.37 Å². The van der Waals surface area contributed by atoms with Crippen LogP contribution in [0.2, 0.25) is 0 Å². The molecule has 5 nitrogen and oxygen atoms in total. The van der Waals surface area contributed by atoms with Crippen molar-refractivity contribution in [3.63, 3.8) is 0 Å². The molecular formula is C25H21FN4O. The fraction of sp³-hybridized carbons (Fsp3) is 0.160. The summed E-state index contributed by atoms with van der Waals surface area (Å²) in [5.74, 6) is -0.250. The van der Waals surface area contributed by atoms with E-state index in [4.69, 9.17) is 4.98 Å². The Balaban J connectivity index is 1.43. The van der Waals surface area contributed by atoms with Crippen molar-refractivity contribution in [3.05, 3.63) is 90.4 Å². The summed E-state index contributed by atoms with van der Waals surface area (Å²) < 4.78 is 13.2. The molecule has 2 aromatic carbocycles. The van der Waals surface area contributed by atoms with Crippen molar-refractivity contribution in [1.82, 2.24) is 14.9 Å². The number of halogens is 1. The number of hydrogen-bond acceptors (Lipinski definition) is 4. The van der Waals surface area contributed by atoms with E-state index in [1.807, 2.05) is 53.4 Å². The smallest absolute Gasteiger partial charge is 0.254 e. The van der Waals surface area contributed by atoms with Gasteiger partial charge in [0.25, 0.3) is 5.91 Å². The Bertz CT molecular complexity index is 1220. The van der Waals surface area contributed by atoms with E-state index >= 15 is 0 Å². The first-order valence-electron chi connectivity index (χ1n) is 10.3. The van der Waals surface area contributed by atoms with E-state index in [9.17, 15) is 9.18 Å². The zero-order valence-corrected chi connectivity index (χ0v) is 16.9. The lowest BCUT2D eigenvalue weighted by molar-refractivity contribution is 0.0748. The first kappa shape index (κ1) is 19.2. The number of carbonyl (C=O) groups is 1. The monoisotopic (exact) mass is 412 g/mol. The van der Waals surface area contributed by atoms with Crippen LogP contribution in [0.3, 0.4) is 0 Å². The van der Waals surface area contributed by atoms with Gasteiger partial charge in [-0.15, -0.1) is 0 Å². The van der Waals surface area contributed by atoms with Gasteiger partial charge in [-0.3, -0.25) is 9.78 Å². The molecule has 0 radical (unpaired) electrons. The van der Waals surface area contributed by atoms with Crippen LogP contribution >= 0.6 is 0 Å². The third-order valence-corrected chi connectivity index (χ3v) is 5.63. The Hall–Kier alpha value is -3.80. The molecule has 154 valence electrons. The molecule has 1 amide bonds. The van der Waals surface area contributed by atoms with Gasteiger partial charge in [-0.05, 0) is 48.5 Å². The molecule has 31 heavy (non-hydrogen) atoms. The number of aromatic nitrogens is 2. The maximum absolute atomic E-state index is 13.5. The Morgan fingerprint density at radius 2 is 1.58 bits per heavy atom. The molecule has 0 spiro atoms. The molecule has 3 heterocycles. The first-order valence-corrected chi connectivity index (χ1v) is 10.3. The molecule has 4 aromatic rings. The highest BCUT2D eigenvalue weighted by Gasteiger charge is 2.24. The lowest BCUT2D eigenvalue weighted by Gasteiger charge is -2.36. The Morgan fingerprint density at radius 1 is 0.839 bits per heavy atom. The second-order valence-electron chi connectivity index (χ2n) is 7.54. The predicted octanol–water partition coefficient (Wildman–Crippen LogP) is 4.40. The molecule has 1 aliphatic rings. The first-order chi connectivity index (χ1) is 15.2. The van der Waals surface area contributed by atoms with Gasteiger partial charge < -0.3 is 9.80 Å². The second-order valence-corrected chi connectivity index (χ2v) is 7.54. The van der Waals surface area contributed by atoms with Crippen molar-refractivity contribution in [2.45, 2.75) is 0 Å². The average Bonchev–Trinajstić information content (AvgIpc) is 2.84. The van der Waals surface area contributed by atoms with Crippen LogP contribution in [0.15, 0.2) is 79.0 Å². The van der Waals surface area contributed by atoms with E-state index < -0.39 is 0 Å². The number of piperazine rings is 1. The van der Waals surface area contributed by atoms with Crippen LogP contribution < -0.4 is 4.90 Å². The highest BCUT2D eigenvalue weighted by atomic mass is 19.1. The maximum Gasteiger partial charge on any atom is 0.254 e. The van der Waals surface area contributed by atoms with E-state index in [-0.39, 0.29) is 11.7 Å². The SMILES string of the molecule is O=C(c1cc(-c2ccccn2)nc2ccccc12)N1CCN(c2ccc(F)cc2)CC1. The number of rotatable bonds is 3. The molecule has 6 heteroatoms. The van der Waals surface area contributed by atoms with E-state index in [0.29, 0.717) is 37.4 Å². The lowest BCUT2D eigenvalue weighted by atomic mass is 10.0. The van der Waals surface area contributed by atoms with E-state index in [2.05, 4.69) is 9.88 Å². The number of amides is 1. The second kappa shape index (κ2) is 8.14. The minimum absolute atomic E-state index is 0.00506. The lowest BCUT2D eigenvalue weighted by Crippen LogP contribution is -2.48. The molecule has 2 aromatic heterocycles. The van der Waals surface area contributed by atoms with Gasteiger partial charge in [0, 0.05) is 43.4 Å². The third kappa shape index (κ3) is 3.84. The molecule has 0 unspecified atom stereocenters. The fourth-order valence-electron chi connectivity index (χ4n) is 3.99. The Labute approximate surface area is 179 Å². The molecule has 0 saturated carbocycles. The van der Waals surface area contributed by atoms with Crippen molar-refractivity contribution in [2.24, 2.45) is 0 Å². The Morgan fingerprint density at radius 3 is 2.32 bits per heavy atom. The van der Waals surface area contributed by atoms with Crippen LogP contribution in [-0.4, -0.2) is 47.0 Å². The number of para-hydroxylation sites is 1. The topological polar surface area (TPSA) is 49.3 Å². The third-order valence-electron chi connectivity index (χ3n) is 5.63. The van der Waals surface area contributed by atoms with Gasteiger partial charge in [-0.2, -0.15) is 0 Å². The maximum atomic E-state index is 13.5. The molecule has 0 atom stereocenters. The summed E-state index contributed by atoms with van der Waals surface area (Å²) in [6.45, 7) is 2.61. The van der Waals surface area contributed by atoms with Gasteiger partial charge in [-0.1, -0.05) is 24.3 Å². The average molecular weight is 412 g/mol. The van der Waals surface area contributed by atoms with Gasteiger partial charge in [0.15, 0.2) is 0 Å². The molecule has 1 fully saturated rings. The van der Waals surface area contributed by atoms with Crippen molar-refractivity contribution in [2.75, 3.05) is 31.1 Å². The predicted molar refractivity (Wildman–Crippen MR) is 119 cm³/mol. The minimum Gasteiger partial charge on any atom is -0.368 e. The molecule has 0 bridgehead atoms. The highest BCUT2D eigenvalue weighted by molar-refractivity contribution is 6.07. The van der Waals surface area contributed by atoms with Gasteiger partial charge in [0.05, 0.1) is 22.5 Å². The fourth-order valence-corrected chi connectivity index (χ4v) is 3.99. The standard InChI is InChI=1S/C25H21FN4O/c26-18-8-10-19(11-9-18)29-13-15-30(16-14-29)25(31)21-17-24(23-7-3-4-12-27-23)28-22-6-2-1-5-20(21)22/h1-12,17H,13-16H2. The number of pyridine rings is 2. The Kier molecular flexibility index (Phi) is 5.04. The normalized spacial score (nSPS) is 14.1. The van der Waals surface area contributed by atoms with Gasteiger partial charge in [0.2, 0.25) is 0 Å². The van der Waals surface area contributed by atoms with Crippen LogP contribution in [0, 0.1) is 5.82 Å². The summed E-state index contributed by atoms with van der Waals surface area (Å²) in [4.78, 5) is 26.7. The number of nitrogens with zero attached hydrogens (tertiary/aromatic N) is 4. The van der Waals surface area contributed by atoms with Crippen LogP contribution in [0.5, 0.6) is 0 Å². The number of hydrogen-bond donors (Lipinski definition) is 0. The summed E-state index contributed by atoms with van der Waals surface area (Å²) in [6, 6.07) is 21.7. The number of benzene rings is 2. The van der Waals surface area contributed by atoms with Crippen LogP contribution in [-0.2, 0) is 0 Å². The largest absolute Gasteiger partial charge is 0.368 e. The molecule has 0 aliphatic carbocycles. The summed E-state index contributed by atoms with van der Waals surface area (Å²) in [7, 11) is 0. The summed E-state index contributed by atoms with van der Waals surface area (Å²) >= 11 is 0. The minimum atomic E-state index is -0.245. The van der Waals surface area contributed by atoms with Crippen molar-refractivity contribution >= 4 is 22.5 Å². The molecule has 5 rings (SSSR count). The number of fused-ring (bicyclic) bond motifs is 1. The zero-order valence-electron chi connectivity index (χ0n) is 16.9. The van der Waals surface area contributed by atoms with Crippen LogP contribution in [0.1, 0.15) is 10.4 Å². The highest BCUT2D eigenvalue weighted by Crippen LogP contribution is 2.26.